The third kappa shape index (κ3) is 8.54. The number of nitrogens with two attached hydrogens (primary N) is 1. The van der Waals surface area contributed by atoms with E-state index in [1.807, 2.05) is 0 Å². The molecular weight excluding hydrogens is 453 g/mol. The lowest BCUT2D eigenvalue weighted by atomic mass is 9.92. The fourth-order valence-electron chi connectivity index (χ4n) is 4.33. The van der Waals surface area contributed by atoms with Gasteiger partial charge in [-0.25, -0.2) is 0 Å². The molecule has 7 heteroatoms. The molecule has 2 rings (SSSR count). The van der Waals surface area contributed by atoms with Crippen molar-refractivity contribution >= 4 is 35.8 Å². The summed E-state index contributed by atoms with van der Waals surface area (Å²) in [5.74, 6) is 2.54. The van der Waals surface area contributed by atoms with Gasteiger partial charge in [-0.15, -0.1) is 24.0 Å². The lowest BCUT2D eigenvalue weighted by Crippen LogP contribution is -2.48. The second kappa shape index (κ2) is 12.8. The van der Waals surface area contributed by atoms with E-state index in [4.69, 9.17) is 10.7 Å². The van der Waals surface area contributed by atoms with E-state index < -0.39 is 0 Å². The van der Waals surface area contributed by atoms with Gasteiger partial charge in [-0.05, 0) is 70.5 Å². The van der Waals surface area contributed by atoms with Crippen LogP contribution in [-0.4, -0.2) is 67.5 Å². The molecule has 6 nitrogen and oxygen atoms in total. The van der Waals surface area contributed by atoms with E-state index in [0.29, 0.717) is 0 Å². The molecule has 0 aromatic rings. The third-order valence-corrected chi connectivity index (χ3v) is 5.64. The molecule has 2 atom stereocenters. The number of rotatable bonds is 7. The number of primary amides is 1. The zero-order valence-electron chi connectivity index (χ0n) is 17.5. The number of carbonyl (C=O) groups excluding carboxylic acids is 1. The molecule has 2 unspecified atom stereocenters. The van der Waals surface area contributed by atoms with Gasteiger partial charge >= 0.3 is 0 Å². The van der Waals surface area contributed by atoms with Gasteiger partial charge in [-0.3, -0.25) is 9.79 Å². The molecule has 2 saturated heterocycles. The molecule has 3 N–H and O–H groups in total. The molecule has 27 heavy (non-hydrogen) atoms. The van der Waals surface area contributed by atoms with Gasteiger partial charge < -0.3 is 20.9 Å². The van der Waals surface area contributed by atoms with E-state index in [-0.39, 0.29) is 35.8 Å². The Morgan fingerprint density at radius 1 is 1.15 bits per heavy atom. The second-order valence-electron chi connectivity index (χ2n) is 8.31. The van der Waals surface area contributed by atoms with Crippen LogP contribution in [0.5, 0.6) is 0 Å². The fourth-order valence-corrected chi connectivity index (χ4v) is 4.33. The highest BCUT2D eigenvalue weighted by Gasteiger charge is 2.24. The molecule has 2 fully saturated rings. The quantitative estimate of drug-likeness (QED) is 0.248. The smallest absolute Gasteiger partial charge is 0.220 e. The number of hydrogen-bond donors (Lipinski definition) is 2. The van der Waals surface area contributed by atoms with Gasteiger partial charge in [0.25, 0.3) is 0 Å². The predicted octanol–water partition coefficient (Wildman–Crippen LogP) is 2.53. The number of nitrogens with one attached hydrogen (secondary N) is 1. The van der Waals surface area contributed by atoms with Gasteiger partial charge in [0.05, 0.1) is 0 Å². The normalized spacial score (nSPS) is 25.1. The standard InChI is InChI=1S/C20H39N5O.HI/c1-4-22-20(25-14-16(2)13-17(3)15-25)23-9-5-6-10-24-11-7-18(8-12-24)19(21)26;/h16-18H,4-15H2,1-3H3,(H2,21,26)(H,22,23);1H. The Morgan fingerprint density at radius 2 is 1.78 bits per heavy atom. The highest BCUT2D eigenvalue weighted by molar-refractivity contribution is 14.0. The van der Waals surface area contributed by atoms with E-state index in [2.05, 4.69) is 35.9 Å². The molecule has 0 aromatic heterocycles. The maximum Gasteiger partial charge on any atom is 0.220 e. The molecule has 0 bridgehead atoms. The molecule has 1 amide bonds. The first-order valence-corrected chi connectivity index (χ1v) is 10.5. The number of carbonyl (C=O) groups is 1. The minimum absolute atomic E-state index is 0. The molecule has 2 heterocycles. The summed E-state index contributed by atoms with van der Waals surface area (Å²) in [6, 6.07) is 0. The van der Waals surface area contributed by atoms with Crippen molar-refractivity contribution in [2.75, 3.05) is 45.8 Å². The van der Waals surface area contributed by atoms with Crippen LogP contribution in [0.2, 0.25) is 0 Å². The van der Waals surface area contributed by atoms with Gasteiger partial charge in [-0.2, -0.15) is 0 Å². The molecular formula is C20H40IN5O. The van der Waals surface area contributed by atoms with Gasteiger partial charge in [0.1, 0.15) is 0 Å². The van der Waals surface area contributed by atoms with Crippen LogP contribution in [0.4, 0.5) is 0 Å². The summed E-state index contributed by atoms with van der Waals surface area (Å²) in [4.78, 5) is 21.0. The zero-order chi connectivity index (χ0) is 18.9. The number of guanidine groups is 1. The first-order valence-electron chi connectivity index (χ1n) is 10.5. The number of halogens is 1. The minimum atomic E-state index is -0.128. The number of amides is 1. The van der Waals surface area contributed by atoms with E-state index in [1.54, 1.807) is 0 Å². The predicted molar refractivity (Wildman–Crippen MR) is 124 cm³/mol. The van der Waals surface area contributed by atoms with Crippen molar-refractivity contribution in [3.8, 4) is 0 Å². The molecule has 158 valence electrons. The van der Waals surface area contributed by atoms with Crippen LogP contribution in [0.1, 0.15) is 52.9 Å². The van der Waals surface area contributed by atoms with Crippen molar-refractivity contribution in [1.29, 1.82) is 0 Å². The maximum atomic E-state index is 11.2. The Labute approximate surface area is 182 Å². The Balaban J connectivity index is 0.00000364. The van der Waals surface area contributed by atoms with Crippen molar-refractivity contribution in [2.24, 2.45) is 28.5 Å². The van der Waals surface area contributed by atoms with Gasteiger partial charge in [0, 0.05) is 32.1 Å². The summed E-state index contributed by atoms with van der Waals surface area (Å²) in [6.07, 6.45) is 5.44. The van der Waals surface area contributed by atoms with Crippen LogP contribution in [0.15, 0.2) is 4.99 Å². The van der Waals surface area contributed by atoms with Crippen LogP contribution in [0.3, 0.4) is 0 Å². The Kier molecular flexibility index (Phi) is 11.6. The average molecular weight is 493 g/mol. The van der Waals surface area contributed by atoms with Crippen LogP contribution < -0.4 is 11.1 Å². The topological polar surface area (TPSA) is 74.0 Å². The third-order valence-electron chi connectivity index (χ3n) is 5.64. The number of hydrogen-bond acceptors (Lipinski definition) is 3. The minimum Gasteiger partial charge on any atom is -0.369 e. The number of aliphatic imine (C=N–C) groups is 1. The molecule has 2 aliphatic rings. The van der Waals surface area contributed by atoms with Crippen molar-refractivity contribution in [1.82, 2.24) is 15.1 Å². The van der Waals surface area contributed by atoms with Gasteiger partial charge in [0.2, 0.25) is 5.91 Å². The van der Waals surface area contributed by atoms with Gasteiger partial charge in [-0.1, -0.05) is 13.8 Å². The SMILES string of the molecule is CCNC(=NCCCCN1CCC(C(N)=O)CC1)N1CC(C)CC(C)C1.I. The molecule has 0 aliphatic carbocycles. The summed E-state index contributed by atoms with van der Waals surface area (Å²) in [6.45, 7) is 14.0. The molecule has 0 saturated carbocycles. The van der Waals surface area contributed by atoms with Crippen molar-refractivity contribution in [3.63, 3.8) is 0 Å². The van der Waals surface area contributed by atoms with Crippen LogP contribution in [0, 0.1) is 17.8 Å². The van der Waals surface area contributed by atoms with E-state index in [0.717, 1.165) is 89.3 Å². The van der Waals surface area contributed by atoms with Crippen LogP contribution in [-0.2, 0) is 4.79 Å². The maximum absolute atomic E-state index is 11.2. The highest BCUT2D eigenvalue weighted by Crippen LogP contribution is 2.21. The summed E-state index contributed by atoms with van der Waals surface area (Å²) in [5.41, 5.74) is 5.40. The number of unbranched alkanes of at least 4 members (excludes halogenated alkanes) is 1. The van der Waals surface area contributed by atoms with Crippen molar-refractivity contribution in [3.05, 3.63) is 0 Å². The largest absolute Gasteiger partial charge is 0.369 e. The summed E-state index contributed by atoms with van der Waals surface area (Å²) in [5, 5.41) is 3.47. The number of nitrogens with zero attached hydrogens (tertiary/aromatic N) is 3. The highest BCUT2D eigenvalue weighted by atomic mass is 127. The summed E-state index contributed by atoms with van der Waals surface area (Å²) in [7, 11) is 0. The van der Waals surface area contributed by atoms with E-state index in [1.165, 1.54) is 6.42 Å². The summed E-state index contributed by atoms with van der Waals surface area (Å²) < 4.78 is 0. The summed E-state index contributed by atoms with van der Waals surface area (Å²) >= 11 is 0. The molecule has 2 aliphatic heterocycles. The zero-order valence-corrected chi connectivity index (χ0v) is 19.8. The van der Waals surface area contributed by atoms with E-state index in [9.17, 15) is 4.79 Å². The Hall–Kier alpha value is -0.570. The van der Waals surface area contributed by atoms with Crippen molar-refractivity contribution < 1.29 is 4.79 Å². The molecule has 0 radical (unpaired) electrons. The lowest BCUT2D eigenvalue weighted by molar-refractivity contribution is -0.123. The first kappa shape index (κ1) is 24.5. The Morgan fingerprint density at radius 3 is 2.33 bits per heavy atom. The molecule has 0 aromatic carbocycles. The van der Waals surface area contributed by atoms with E-state index >= 15 is 0 Å². The van der Waals surface area contributed by atoms with Crippen molar-refractivity contribution in [2.45, 2.75) is 52.9 Å². The monoisotopic (exact) mass is 493 g/mol. The lowest BCUT2D eigenvalue weighted by Gasteiger charge is -2.37. The Bertz CT molecular complexity index is 455. The average Bonchev–Trinajstić information content (AvgIpc) is 2.60. The van der Waals surface area contributed by atoms with Crippen LogP contribution in [0.25, 0.3) is 0 Å². The van der Waals surface area contributed by atoms with Crippen LogP contribution >= 0.6 is 24.0 Å². The molecule has 0 spiro atoms. The first-order chi connectivity index (χ1) is 12.5. The van der Waals surface area contributed by atoms with Gasteiger partial charge in [0.15, 0.2) is 5.96 Å². The fraction of sp³-hybridized carbons (Fsp3) is 0.900. The number of piperidine rings is 2. The second-order valence-corrected chi connectivity index (χ2v) is 8.31. The number of likely N-dealkylation sites (tertiary alicyclic amines) is 2.